The number of ether oxygens (including phenoxy) is 6. The molecule has 3 heterocycles. The fourth-order valence-electron chi connectivity index (χ4n) is 7.17. The summed E-state index contributed by atoms with van der Waals surface area (Å²) in [4.78, 5) is 42.0. The summed E-state index contributed by atoms with van der Waals surface area (Å²) in [6, 6.07) is 13.1. The summed E-state index contributed by atoms with van der Waals surface area (Å²) in [5.74, 6) is -0.137. The number of ketones is 2. The summed E-state index contributed by atoms with van der Waals surface area (Å²) in [5, 5.41) is 2.97. The molecule has 0 saturated heterocycles. The Morgan fingerprint density at radius 1 is 0.915 bits per heavy atom. The standard InChI is InChI=1S/C36H34ClNO9/c1-18-13-23-30(34(40)36(18)35(41)31-27(43-3)17-28(44-4)32(37)33(31)47-36)22(16-29(39)38-23)20-6-8-25(42-2)26(15-20)46-11-9-19-5-7-24-21(14-19)10-12-45-24/h5-8,14-15,17-18,22H,9-13,16H2,1-4H3,(H,38,39). The van der Waals surface area contributed by atoms with Gasteiger partial charge >= 0.3 is 0 Å². The summed E-state index contributed by atoms with van der Waals surface area (Å²) in [5.41, 5.74) is 2.01. The van der Waals surface area contributed by atoms with Gasteiger partial charge in [-0.05, 0) is 41.3 Å². The van der Waals surface area contributed by atoms with E-state index in [9.17, 15) is 14.4 Å². The van der Waals surface area contributed by atoms with Crippen LogP contribution in [0.5, 0.6) is 34.5 Å². The number of carbonyl (C=O) groups is 3. The number of allylic oxidation sites excluding steroid dienone is 1. The van der Waals surface area contributed by atoms with E-state index >= 15 is 0 Å². The van der Waals surface area contributed by atoms with Gasteiger partial charge in [0.1, 0.15) is 27.8 Å². The van der Waals surface area contributed by atoms with Crippen molar-refractivity contribution in [2.75, 3.05) is 34.5 Å². The van der Waals surface area contributed by atoms with Gasteiger partial charge in [-0.1, -0.05) is 36.7 Å². The zero-order valence-corrected chi connectivity index (χ0v) is 27.2. The predicted molar refractivity (Wildman–Crippen MR) is 171 cm³/mol. The van der Waals surface area contributed by atoms with Crippen LogP contribution < -0.4 is 33.7 Å². The Bertz CT molecular complexity index is 1870. The van der Waals surface area contributed by atoms with Crippen molar-refractivity contribution < 1.29 is 42.8 Å². The predicted octanol–water partition coefficient (Wildman–Crippen LogP) is 5.40. The first kappa shape index (κ1) is 30.9. The van der Waals surface area contributed by atoms with Crippen LogP contribution in [0.3, 0.4) is 0 Å². The van der Waals surface area contributed by atoms with E-state index < -0.39 is 29.0 Å². The molecule has 10 nitrogen and oxygen atoms in total. The highest BCUT2D eigenvalue weighted by Crippen LogP contribution is 2.55. The number of halogens is 1. The van der Waals surface area contributed by atoms with Crippen LogP contribution in [0, 0.1) is 5.92 Å². The number of methoxy groups -OCH3 is 3. The van der Waals surface area contributed by atoms with Crippen molar-refractivity contribution in [2.45, 2.75) is 44.1 Å². The molecule has 3 aromatic rings. The number of carbonyl (C=O) groups excluding carboxylic acids is 3. The smallest absolute Gasteiger partial charge is 0.236 e. The summed E-state index contributed by atoms with van der Waals surface area (Å²) in [7, 11) is 4.42. The SMILES string of the molecule is COc1ccc(C2CC(=O)NC3=C2C(=O)C2(Oc4c(Cl)c(OC)cc(OC)c4C2=O)C(C)C3)cc1OCCc1ccc2c(c1)CCO2. The van der Waals surface area contributed by atoms with Crippen LogP contribution in [0.4, 0.5) is 0 Å². The molecule has 1 N–H and O–H groups in total. The highest BCUT2D eigenvalue weighted by molar-refractivity contribution is 6.36. The zero-order chi connectivity index (χ0) is 33.0. The normalized spacial score (nSPS) is 22.6. The average molecular weight is 660 g/mol. The Labute approximate surface area is 276 Å². The molecule has 1 amide bonds. The number of Topliss-reactive ketones (excluding diaryl/α,β-unsaturated/α-hetero) is 2. The third-order valence-corrected chi connectivity index (χ3v) is 9.91. The average Bonchev–Trinajstić information content (AvgIpc) is 3.66. The molecule has 0 bridgehead atoms. The Balaban J connectivity index is 1.21. The quantitative estimate of drug-likeness (QED) is 0.317. The molecule has 4 aliphatic rings. The molecule has 3 aromatic carbocycles. The molecule has 0 saturated carbocycles. The first-order valence-electron chi connectivity index (χ1n) is 15.5. The molecular weight excluding hydrogens is 626 g/mol. The van der Waals surface area contributed by atoms with E-state index in [2.05, 4.69) is 11.4 Å². The maximum atomic E-state index is 14.7. The topological polar surface area (TPSA) is 119 Å². The molecular formula is C36H34ClNO9. The fourth-order valence-corrected chi connectivity index (χ4v) is 7.44. The van der Waals surface area contributed by atoms with Gasteiger partial charge in [0.2, 0.25) is 23.1 Å². The van der Waals surface area contributed by atoms with Crippen LogP contribution >= 0.6 is 11.6 Å². The van der Waals surface area contributed by atoms with Crippen molar-refractivity contribution in [1.82, 2.24) is 5.32 Å². The summed E-state index contributed by atoms with van der Waals surface area (Å²) < 4.78 is 34.7. The van der Waals surface area contributed by atoms with Crippen molar-refractivity contribution in [1.29, 1.82) is 0 Å². The minimum Gasteiger partial charge on any atom is -0.496 e. The molecule has 7 rings (SSSR count). The van der Waals surface area contributed by atoms with E-state index in [0.29, 0.717) is 48.0 Å². The van der Waals surface area contributed by atoms with Crippen LogP contribution in [0.1, 0.15) is 52.7 Å². The Hall–Kier alpha value is -4.70. The lowest BCUT2D eigenvalue weighted by atomic mass is 9.66. The minimum atomic E-state index is -1.89. The third kappa shape index (κ3) is 4.88. The van der Waals surface area contributed by atoms with Crippen LogP contribution in [0.2, 0.25) is 5.02 Å². The second-order valence-corrected chi connectivity index (χ2v) is 12.5. The highest BCUT2D eigenvalue weighted by atomic mass is 35.5. The first-order chi connectivity index (χ1) is 22.7. The number of hydrogen-bond donors (Lipinski definition) is 1. The van der Waals surface area contributed by atoms with Crippen molar-refractivity contribution in [2.24, 2.45) is 5.92 Å². The Kier molecular flexibility index (Phi) is 7.78. The lowest BCUT2D eigenvalue weighted by molar-refractivity contribution is -0.131. The highest BCUT2D eigenvalue weighted by Gasteiger charge is 2.63. The van der Waals surface area contributed by atoms with E-state index in [1.165, 1.54) is 25.8 Å². The van der Waals surface area contributed by atoms with E-state index in [-0.39, 0.29) is 46.6 Å². The van der Waals surface area contributed by atoms with Gasteiger partial charge in [0.15, 0.2) is 17.2 Å². The van der Waals surface area contributed by atoms with Gasteiger partial charge in [-0.2, -0.15) is 0 Å². The fraction of sp³-hybridized carbons (Fsp3) is 0.361. The first-order valence-corrected chi connectivity index (χ1v) is 15.9. The lowest BCUT2D eigenvalue weighted by Crippen LogP contribution is -2.59. The number of hydrogen-bond acceptors (Lipinski definition) is 9. The minimum absolute atomic E-state index is 0.00294. The molecule has 3 unspecified atom stereocenters. The Morgan fingerprint density at radius 2 is 1.70 bits per heavy atom. The van der Waals surface area contributed by atoms with E-state index in [1.54, 1.807) is 26.2 Å². The van der Waals surface area contributed by atoms with Gasteiger partial charge in [-0.15, -0.1) is 0 Å². The number of nitrogens with one attached hydrogen (secondary N) is 1. The van der Waals surface area contributed by atoms with Gasteiger partial charge in [0.25, 0.3) is 0 Å². The molecule has 47 heavy (non-hydrogen) atoms. The van der Waals surface area contributed by atoms with Gasteiger partial charge in [-0.25, -0.2) is 0 Å². The number of benzene rings is 3. The van der Waals surface area contributed by atoms with Crippen molar-refractivity contribution in [3.8, 4) is 34.5 Å². The van der Waals surface area contributed by atoms with E-state index in [4.69, 9.17) is 40.0 Å². The molecule has 3 aliphatic heterocycles. The molecule has 1 aliphatic carbocycles. The van der Waals surface area contributed by atoms with Crippen molar-refractivity contribution in [3.63, 3.8) is 0 Å². The molecule has 0 aromatic heterocycles. The monoisotopic (exact) mass is 659 g/mol. The largest absolute Gasteiger partial charge is 0.496 e. The van der Waals surface area contributed by atoms with Gasteiger partial charge in [0, 0.05) is 48.4 Å². The summed E-state index contributed by atoms with van der Waals surface area (Å²) in [6.07, 6.45) is 1.78. The van der Waals surface area contributed by atoms with Gasteiger partial charge in [-0.3, -0.25) is 14.4 Å². The maximum Gasteiger partial charge on any atom is 0.236 e. The van der Waals surface area contributed by atoms with Crippen molar-refractivity contribution >= 4 is 29.1 Å². The third-order valence-electron chi connectivity index (χ3n) is 9.55. The second kappa shape index (κ2) is 11.8. The van der Waals surface area contributed by atoms with Crippen LogP contribution in [0.15, 0.2) is 53.7 Å². The Morgan fingerprint density at radius 3 is 2.47 bits per heavy atom. The molecule has 3 atom stereocenters. The zero-order valence-electron chi connectivity index (χ0n) is 26.5. The molecule has 0 radical (unpaired) electrons. The van der Waals surface area contributed by atoms with Crippen LogP contribution in [-0.2, 0) is 22.4 Å². The number of fused-ring (bicyclic) bond motifs is 2. The van der Waals surface area contributed by atoms with Crippen LogP contribution in [-0.4, -0.2) is 57.6 Å². The maximum absolute atomic E-state index is 14.7. The molecule has 244 valence electrons. The van der Waals surface area contributed by atoms with E-state index in [1.807, 2.05) is 18.2 Å². The number of amides is 1. The summed E-state index contributed by atoms with van der Waals surface area (Å²) >= 11 is 6.61. The van der Waals surface area contributed by atoms with Gasteiger partial charge in [0.05, 0.1) is 34.5 Å². The molecule has 11 heteroatoms. The van der Waals surface area contributed by atoms with Gasteiger partial charge < -0.3 is 33.7 Å². The lowest BCUT2D eigenvalue weighted by Gasteiger charge is -2.41. The van der Waals surface area contributed by atoms with Crippen molar-refractivity contribution in [3.05, 3.63) is 81.0 Å². The summed E-state index contributed by atoms with van der Waals surface area (Å²) in [6.45, 7) is 2.83. The second-order valence-electron chi connectivity index (χ2n) is 12.1. The van der Waals surface area contributed by atoms with E-state index in [0.717, 1.165) is 17.7 Å². The number of rotatable bonds is 8. The molecule has 1 spiro atoms. The van der Waals surface area contributed by atoms with Crippen LogP contribution in [0.25, 0.3) is 0 Å². The molecule has 0 fully saturated rings.